The van der Waals surface area contributed by atoms with Gasteiger partial charge in [0.2, 0.25) is 0 Å². The van der Waals surface area contributed by atoms with Crippen LogP contribution in [0.15, 0.2) is 60.3 Å². The van der Waals surface area contributed by atoms with E-state index in [2.05, 4.69) is 16.8 Å². The largest absolute Gasteiger partial charge is 0.496 e. The first kappa shape index (κ1) is 19.8. The number of ether oxygens (including phenoxy) is 1. The summed E-state index contributed by atoms with van der Waals surface area (Å²) in [5.41, 5.74) is 2.31. The topological polar surface area (TPSA) is 57.0 Å². The first-order valence-electron chi connectivity index (χ1n) is 8.64. The van der Waals surface area contributed by atoms with Crippen molar-refractivity contribution in [3.05, 3.63) is 72.1 Å². The van der Waals surface area contributed by atoms with E-state index in [-0.39, 0.29) is 11.6 Å². The van der Waals surface area contributed by atoms with E-state index in [4.69, 9.17) is 4.74 Å². The Morgan fingerprint density at radius 3 is 2.64 bits per heavy atom. The third kappa shape index (κ3) is 4.31. The normalized spacial score (nSPS) is 10.7. The van der Waals surface area contributed by atoms with Crippen LogP contribution in [0.3, 0.4) is 0 Å². The van der Waals surface area contributed by atoms with E-state index < -0.39 is 0 Å². The Morgan fingerprint density at radius 1 is 1.25 bits per heavy atom. The highest BCUT2D eigenvalue weighted by molar-refractivity contribution is 7.98. The van der Waals surface area contributed by atoms with E-state index in [1.807, 2.05) is 10.6 Å². The predicted octanol–water partition coefficient (Wildman–Crippen LogP) is 4.77. The van der Waals surface area contributed by atoms with Crippen LogP contribution in [0, 0.1) is 5.82 Å². The van der Waals surface area contributed by atoms with Crippen molar-refractivity contribution in [1.29, 1.82) is 0 Å². The number of carbonyl (C=O) groups excluding carboxylic acids is 1. The number of benzene rings is 2. The smallest absolute Gasteiger partial charge is 0.192 e. The molecule has 0 unspecified atom stereocenters. The fourth-order valence-electron chi connectivity index (χ4n) is 2.75. The summed E-state index contributed by atoms with van der Waals surface area (Å²) in [6, 6.07) is 11.5. The third-order valence-corrected chi connectivity index (χ3v) is 5.19. The number of ketones is 1. The minimum atomic E-state index is -0.300. The number of hydrogen-bond acceptors (Lipinski definition) is 5. The highest BCUT2D eigenvalue weighted by Gasteiger charge is 2.15. The van der Waals surface area contributed by atoms with Crippen molar-refractivity contribution in [2.45, 2.75) is 24.4 Å². The number of hydrogen-bond donors (Lipinski definition) is 0. The molecule has 0 N–H and O–H groups in total. The number of nitrogens with zero attached hydrogens (tertiary/aromatic N) is 3. The van der Waals surface area contributed by atoms with Crippen LogP contribution >= 0.6 is 11.8 Å². The summed E-state index contributed by atoms with van der Waals surface area (Å²) in [6.07, 6.45) is 1.76. The van der Waals surface area contributed by atoms with Gasteiger partial charge >= 0.3 is 0 Å². The van der Waals surface area contributed by atoms with Crippen molar-refractivity contribution >= 4 is 17.5 Å². The predicted molar refractivity (Wildman–Crippen MR) is 108 cm³/mol. The first-order valence-corrected chi connectivity index (χ1v) is 9.62. The molecule has 1 aromatic heterocycles. The average Bonchev–Trinajstić information content (AvgIpc) is 3.09. The maximum absolute atomic E-state index is 13.2. The van der Waals surface area contributed by atoms with Gasteiger partial charge in [-0.15, -0.1) is 16.8 Å². The molecule has 0 aliphatic carbocycles. The molecule has 0 aliphatic rings. The van der Waals surface area contributed by atoms with Crippen molar-refractivity contribution in [3.63, 3.8) is 0 Å². The molecular weight excluding hydrogens is 377 g/mol. The lowest BCUT2D eigenvalue weighted by molar-refractivity contribution is 0.101. The lowest BCUT2D eigenvalue weighted by Crippen LogP contribution is -2.01. The molecular formula is C21H20FN3O2S. The molecule has 7 heteroatoms. The molecule has 0 fully saturated rings. The van der Waals surface area contributed by atoms with Crippen LogP contribution in [0.4, 0.5) is 4.39 Å². The molecule has 3 rings (SSSR count). The van der Waals surface area contributed by atoms with Gasteiger partial charge in [0, 0.05) is 29.0 Å². The molecule has 1 heterocycles. The number of carbonyl (C=O) groups is 1. The maximum atomic E-state index is 13.2. The Hall–Kier alpha value is -2.93. The molecule has 0 radical (unpaired) electrons. The van der Waals surface area contributed by atoms with E-state index in [0.717, 1.165) is 11.1 Å². The second-order valence-corrected chi connectivity index (χ2v) is 7.03. The SMILES string of the molecule is C=CCn1c(SCc2cc(C(C)=O)ccc2OC)nnc1-c1ccc(F)cc1. The number of allylic oxidation sites excluding steroid dienone is 1. The summed E-state index contributed by atoms with van der Waals surface area (Å²) in [6.45, 7) is 5.86. The van der Waals surface area contributed by atoms with Gasteiger partial charge in [-0.25, -0.2) is 4.39 Å². The molecule has 3 aromatic rings. The standard InChI is InChI=1S/C21H20FN3O2S/c1-4-11-25-20(15-5-8-18(22)9-6-15)23-24-21(25)28-13-17-12-16(14(2)26)7-10-19(17)27-3/h4-10,12H,1,11,13H2,2-3H3. The molecule has 5 nitrogen and oxygen atoms in total. The number of rotatable bonds is 8. The molecule has 144 valence electrons. The summed E-state index contributed by atoms with van der Waals surface area (Å²) < 4.78 is 20.6. The maximum Gasteiger partial charge on any atom is 0.192 e. The number of methoxy groups -OCH3 is 1. The summed E-state index contributed by atoms with van der Waals surface area (Å²) in [4.78, 5) is 11.7. The minimum absolute atomic E-state index is 0.00215. The second-order valence-electron chi connectivity index (χ2n) is 6.08. The van der Waals surface area contributed by atoms with E-state index in [1.165, 1.54) is 30.8 Å². The highest BCUT2D eigenvalue weighted by Crippen LogP contribution is 2.30. The van der Waals surface area contributed by atoms with Crippen LogP contribution < -0.4 is 4.74 Å². The Balaban J connectivity index is 1.89. The zero-order valence-electron chi connectivity index (χ0n) is 15.7. The van der Waals surface area contributed by atoms with Crippen LogP contribution in [0.2, 0.25) is 0 Å². The molecule has 0 aliphatic heterocycles. The molecule has 0 atom stereocenters. The van der Waals surface area contributed by atoms with Crippen LogP contribution in [-0.2, 0) is 12.3 Å². The minimum Gasteiger partial charge on any atom is -0.496 e. The van der Waals surface area contributed by atoms with E-state index >= 15 is 0 Å². The molecule has 0 bridgehead atoms. The van der Waals surface area contributed by atoms with Gasteiger partial charge in [-0.2, -0.15) is 0 Å². The van der Waals surface area contributed by atoms with Crippen molar-refractivity contribution in [2.24, 2.45) is 0 Å². The molecule has 0 amide bonds. The number of thioether (sulfide) groups is 1. The van der Waals surface area contributed by atoms with Gasteiger partial charge in [0.25, 0.3) is 0 Å². The lowest BCUT2D eigenvalue weighted by Gasteiger charge is -2.11. The van der Waals surface area contributed by atoms with Crippen LogP contribution in [0.5, 0.6) is 5.75 Å². The van der Waals surface area contributed by atoms with E-state index in [1.54, 1.807) is 37.5 Å². The summed E-state index contributed by atoms with van der Waals surface area (Å²) in [5, 5.41) is 9.26. The average molecular weight is 397 g/mol. The van der Waals surface area contributed by atoms with Crippen LogP contribution in [0.25, 0.3) is 11.4 Å². The van der Waals surface area contributed by atoms with Gasteiger partial charge in [0.1, 0.15) is 11.6 Å². The fourth-order valence-corrected chi connectivity index (χ4v) is 3.68. The quantitative estimate of drug-likeness (QED) is 0.311. The zero-order valence-corrected chi connectivity index (χ0v) is 16.5. The Labute approximate surface area is 167 Å². The van der Waals surface area contributed by atoms with Gasteiger partial charge in [0.05, 0.1) is 7.11 Å². The van der Waals surface area contributed by atoms with Crippen molar-refractivity contribution in [2.75, 3.05) is 7.11 Å². The fraction of sp³-hybridized carbons (Fsp3) is 0.190. The van der Waals surface area contributed by atoms with Crippen molar-refractivity contribution in [3.8, 4) is 17.1 Å². The monoisotopic (exact) mass is 397 g/mol. The Bertz CT molecular complexity index is 999. The van der Waals surface area contributed by atoms with Gasteiger partial charge in [-0.05, 0) is 49.4 Å². The van der Waals surface area contributed by atoms with Gasteiger partial charge in [-0.1, -0.05) is 17.8 Å². The van der Waals surface area contributed by atoms with Crippen molar-refractivity contribution in [1.82, 2.24) is 14.8 Å². The first-order chi connectivity index (χ1) is 13.5. The van der Waals surface area contributed by atoms with E-state index in [9.17, 15) is 9.18 Å². The third-order valence-electron chi connectivity index (χ3n) is 4.17. The summed E-state index contributed by atoms with van der Waals surface area (Å²) in [7, 11) is 1.60. The molecule has 0 saturated carbocycles. The van der Waals surface area contributed by atoms with Crippen LogP contribution in [-0.4, -0.2) is 27.7 Å². The van der Waals surface area contributed by atoms with Gasteiger partial charge < -0.3 is 4.74 Å². The molecule has 28 heavy (non-hydrogen) atoms. The van der Waals surface area contributed by atoms with Gasteiger partial charge in [-0.3, -0.25) is 9.36 Å². The summed E-state index contributed by atoms with van der Waals surface area (Å²) >= 11 is 1.48. The second kappa shape index (κ2) is 8.84. The highest BCUT2D eigenvalue weighted by atomic mass is 32.2. The zero-order chi connectivity index (χ0) is 20.1. The Kier molecular flexibility index (Phi) is 6.26. The Morgan fingerprint density at radius 2 is 2.00 bits per heavy atom. The number of halogens is 1. The van der Waals surface area contributed by atoms with Crippen LogP contribution in [0.1, 0.15) is 22.8 Å². The number of Topliss-reactive ketones (excluding diaryl/α,β-unsaturated/α-hetero) is 1. The molecule has 2 aromatic carbocycles. The number of aromatic nitrogens is 3. The summed E-state index contributed by atoms with van der Waals surface area (Å²) in [5.74, 6) is 1.62. The molecule has 0 spiro atoms. The van der Waals surface area contributed by atoms with Crippen molar-refractivity contribution < 1.29 is 13.9 Å². The van der Waals surface area contributed by atoms with Gasteiger partial charge in [0.15, 0.2) is 16.8 Å². The lowest BCUT2D eigenvalue weighted by atomic mass is 10.1. The molecule has 0 saturated heterocycles. The van der Waals surface area contributed by atoms with E-state index in [0.29, 0.717) is 34.6 Å².